The molecule has 0 radical (unpaired) electrons. The second kappa shape index (κ2) is 8.86. The average molecular weight is 419 g/mol. The third kappa shape index (κ3) is 4.56. The van der Waals surface area contributed by atoms with Gasteiger partial charge in [0.15, 0.2) is 8.38 Å². The number of H-pyrrole nitrogens is 1. The first-order valence-electron chi connectivity index (χ1n) is 9.21. The number of anilines is 1. The van der Waals surface area contributed by atoms with E-state index in [1.807, 2.05) is 0 Å². The molecule has 1 aliphatic rings. The first kappa shape index (κ1) is 21.2. The number of carbonyl (C=O) groups excluding carboxylic acids is 2. The lowest BCUT2D eigenvalue weighted by atomic mass is 10.0. The van der Waals surface area contributed by atoms with Crippen LogP contribution in [0.2, 0.25) is 0 Å². The molecule has 4 N–H and O–H groups in total. The normalized spacial score (nSPS) is 15.3. The van der Waals surface area contributed by atoms with Gasteiger partial charge in [0.25, 0.3) is 11.8 Å². The molecule has 7 nitrogen and oxygen atoms in total. The molecule has 1 aromatic heterocycles. The summed E-state index contributed by atoms with van der Waals surface area (Å²) in [5.41, 5.74) is 3.79. The first-order chi connectivity index (χ1) is 13.8. The number of halogens is 1. The van der Waals surface area contributed by atoms with E-state index in [9.17, 15) is 18.9 Å². The summed E-state index contributed by atoms with van der Waals surface area (Å²) >= 11 is 0. The van der Waals surface area contributed by atoms with E-state index in [4.69, 9.17) is 4.52 Å². The van der Waals surface area contributed by atoms with Gasteiger partial charge < -0.3 is 25.0 Å². The Labute approximate surface area is 169 Å². The lowest BCUT2D eigenvalue weighted by Crippen LogP contribution is -2.27. The van der Waals surface area contributed by atoms with Crippen LogP contribution in [0.1, 0.15) is 39.8 Å². The number of aromatic amines is 1. The fourth-order valence-electron chi connectivity index (χ4n) is 3.27. The molecule has 1 aromatic carbocycles. The van der Waals surface area contributed by atoms with Crippen molar-refractivity contribution in [2.24, 2.45) is 0 Å². The number of aromatic nitrogens is 1. The Morgan fingerprint density at radius 1 is 1.38 bits per heavy atom. The molecular weight excluding hydrogens is 396 g/mol. The topological polar surface area (TPSA) is 103 Å². The molecule has 0 bridgehead atoms. The minimum Gasteiger partial charge on any atom is -0.358 e. The first-order valence-corrected chi connectivity index (χ1v) is 10.6. The number of rotatable bonds is 7. The molecule has 3 rings (SSSR count). The fourth-order valence-corrected chi connectivity index (χ4v) is 4.00. The third-order valence-corrected chi connectivity index (χ3v) is 5.79. The Kier molecular flexibility index (Phi) is 6.47. The second-order valence-electron chi connectivity index (χ2n) is 6.62. The van der Waals surface area contributed by atoms with Gasteiger partial charge in [0, 0.05) is 35.3 Å². The molecule has 1 aliphatic heterocycles. The average Bonchev–Trinajstić information content (AvgIpc) is 3.11. The van der Waals surface area contributed by atoms with Gasteiger partial charge in [-0.1, -0.05) is 0 Å². The Morgan fingerprint density at radius 3 is 2.86 bits per heavy atom. The van der Waals surface area contributed by atoms with Crippen LogP contribution in [0, 0.1) is 19.7 Å². The van der Waals surface area contributed by atoms with E-state index >= 15 is 0 Å². The summed E-state index contributed by atoms with van der Waals surface area (Å²) in [5, 5.41) is 5.48. The molecule has 0 fully saturated rings. The van der Waals surface area contributed by atoms with E-state index in [1.165, 1.54) is 18.2 Å². The van der Waals surface area contributed by atoms with Crippen molar-refractivity contribution in [3.05, 3.63) is 52.1 Å². The van der Waals surface area contributed by atoms with Crippen molar-refractivity contribution in [3.8, 4) is 0 Å². The third-order valence-electron chi connectivity index (χ3n) is 4.62. The summed E-state index contributed by atoms with van der Waals surface area (Å²) in [6.45, 7) is 6.06. The summed E-state index contributed by atoms with van der Waals surface area (Å²) in [7, 11) is -1.54. The van der Waals surface area contributed by atoms with E-state index in [0.29, 0.717) is 52.1 Å². The van der Waals surface area contributed by atoms with Gasteiger partial charge in [-0.3, -0.25) is 9.59 Å². The Morgan fingerprint density at radius 2 is 2.14 bits per heavy atom. The Bertz CT molecular complexity index is 986. The van der Waals surface area contributed by atoms with Gasteiger partial charge >= 0.3 is 0 Å². The highest BCUT2D eigenvalue weighted by Gasteiger charge is 2.26. The molecule has 1 atom stereocenters. The van der Waals surface area contributed by atoms with Gasteiger partial charge in [-0.25, -0.2) is 4.39 Å². The highest BCUT2D eigenvalue weighted by Crippen LogP contribution is 2.34. The molecule has 154 valence electrons. The van der Waals surface area contributed by atoms with Crippen molar-refractivity contribution in [2.45, 2.75) is 20.8 Å². The predicted octanol–water partition coefficient (Wildman–Crippen LogP) is 3.33. The van der Waals surface area contributed by atoms with E-state index in [-0.39, 0.29) is 18.4 Å². The van der Waals surface area contributed by atoms with Crippen LogP contribution < -0.4 is 10.6 Å². The zero-order chi connectivity index (χ0) is 21.1. The maximum Gasteiger partial charge on any atom is 0.256 e. The maximum absolute atomic E-state index is 13.6. The van der Waals surface area contributed by atoms with Crippen molar-refractivity contribution in [2.75, 3.05) is 24.6 Å². The molecule has 0 aliphatic carbocycles. The summed E-state index contributed by atoms with van der Waals surface area (Å²) in [5.74, 6) is -1.03. The summed E-state index contributed by atoms with van der Waals surface area (Å²) in [4.78, 5) is 37.7. The number of amides is 2. The molecule has 2 heterocycles. The maximum atomic E-state index is 13.6. The van der Waals surface area contributed by atoms with Gasteiger partial charge in [0.2, 0.25) is 0 Å². The number of hydrogen-bond acceptors (Lipinski definition) is 4. The summed E-state index contributed by atoms with van der Waals surface area (Å²) < 4.78 is 18.7. The van der Waals surface area contributed by atoms with Crippen molar-refractivity contribution in [3.63, 3.8) is 0 Å². The summed E-state index contributed by atoms with van der Waals surface area (Å²) in [6.07, 6.45) is 1.97. The van der Waals surface area contributed by atoms with Crippen LogP contribution in [-0.2, 0) is 9.32 Å². The molecule has 1 unspecified atom stereocenters. The minimum absolute atomic E-state index is 0.275. The quantitative estimate of drug-likeness (QED) is 0.408. The molecule has 29 heavy (non-hydrogen) atoms. The van der Waals surface area contributed by atoms with Gasteiger partial charge in [-0.05, 0) is 50.6 Å². The summed E-state index contributed by atoms with van der Waals surface area (Å²) in [6, 6.07) is 4.12. The van der Waals surface area contributed by atoms with Crippen LogP contribution in [0.3, 0.4) is 0 Å². The molecule has 2 amide bonds. The minimum atomic E-state index is -1.54. The Balaban J connectivity index is 1.82. The standard InChI is InChI=1S/C20H23FN3O4P/c1-4-28-29(27)8-7-22-20(26)18-11(2)17(23-12(18)3)10-15-14-9-13(21)5-6-16(14)24-19(15)25/h5-6,9-10,23,27H,4,7-8H2,1-3H3,(H,22,26)(H,24,25)/b15-10-. The fraction of sp³-hybridized carbons (Fsp3) is 0.300. The van der Waals surface area contributed by atoms with E-state index in [1.54, 1.807) is 26.8 Å². The van der Waals surface area contributed by atoms with Gasteiger partial charge in [-0.15, -0.1) is 0 Å². The predicted molar refractivity (Wildman–Crippen MR) is 111 cm³/mol. The van der Waals surface area contributed by atoms with Crippen molar-refractivity contribution in [1.82, 2.24) is 10.3 Å². The van der Waals surface area contributed by atoms with Crippen LogP contribution in [0.25, 0.3) is 11.6 Å². The van der Waals surface area contributed by atoms with E-state index in [2.05, 4.69) is 15.6 Å². The van der Waals surface area contributed by atoms with Crippen molar-refractivity contribution >= 4 is 37.5 Å². The lowest BCUT2D eigenvalue weighted by molar-refractivity contribution is -0.110. The number of nitrogens with one attached hydrogen (secondary N) is 3. The SMILES string of the molecule is CCOP(O)CCNC(=O)c1c(C)[nH]c(/C=C2\C(=O)Nc3ccc(F)cc32)c1C. The molecule has 0 saturated heterocycles. The van der Waals surface area contributed by atoms with Crippen LogP contribution in [0.5, 0.6) is 0 Å². The largest absolute Gasteiger partial charge is 0.358 e. The molecule has 2 aromatic rings. The number of fused-ring (bicyclic) bond motifs is 1. The smallest absolute Gasteiger partial charge is 0.256 e. The highest BCUT2D eigenvalue weighted by molar-refractivity contribution is 7.46. The van der Waals surface area contributed by atoms with Crippen molar-refractivity contribution in [1.29, 1.82) is 0 Å². The molecule has 9 heteroatoms. The van der Waals surface area contributed by atoms with Crippen molar-refractivity contribution < 1.29 is 23.4 Å². The highest BCUT2D eigenvalue weighted by atomic mass is 31.2. The number of carbonyl (C=O) groups is 2. The van der Waals surface area contributed by atoms with Gasteiger partial charge in [0.05, 0.1) is 17.7 Å². The monoisotopic (exact) mass is 419 g/mol. The van der Waals surface area contributed by atoms with E-state index < -0.39 is 14.2 Å². The van der Waals surface area contributed by atoms with Crippen LogP contribution in [-0.4, -0.2) is 41.0 Å². The van der Waals surface area contributed by atoms with Crippen LogP contribution >= 0.6 is 8.38 Å². The zero-order valence-corrected chi connectivity index (χ0v) is 17.3. The lowest BCUT2D eigenvalue weighted by Gasteiger charge is -2.10. The number of hydrogen-bond donors (Lipinski definition) is 4. The number of benzene rings is 1. The number of aryl methyl sites for hydroxylation is 1. The Hall–Kier alpha value is -2.54. The molecule has 0 saturated carbocycles. The van der Waals surface area contributed by atoms with E-state index in [0.717, 1.165) is 0 Å². The van der Waals surface area contributed by atoms with Crippen LogP contribution in [0.15, 0.2) is 18.2 Å². The zero-order valence-electron chi connectivity index (χ0n) is 16.4. The molecular formula is C20H23FN3O4P. The van der Waals surface area contributed by atoms with Gasteiger partial charge in [-0.2, -0.15) is 0 Å². The van der Waals surface area contributed by atoms with Gasteiger partial charge in [0.1, 0.15) is 5.82 Å². The molecule has 0 spiro atoms. The van der Waals surface area contributed by atoms with Crippen LogP contribution in [0.4, 0.5) is 10.1 Å². The second-order valence-corrected chi connectivity index (χ2v) is 8.02.